The molecule has 23 heavy (non-hydrogen) atoms. The molecule has 1 aromatic rings. The molecule has 2 rings (SSSR count). The molecule has 1 aliphatic rings. The molecule has 1 aliphatic heterocycles. The number of nitrogens with one attached hydrogen (secondary N) is 2. The fourth-order valence-electron chi connectivity index (χ4n) is 2.69. The van der Waals surface area contributed by atoms with Crippen molar-refractivity contribution >= 4 is 11.8 Å². The maximum Gasteiger partial charge on any atom is 0.287 e. The van der Waals surface area contributed by atoms with Gasteiger partial charge in [-0.15, -0.1) is 0 Å². The summed E-state index contributed by atoms with van der Waals surface area (Å²) in [4.78, 5) is 31.1. The van der Waals surface area contributed by atoms with Crippen LogP contribution in [0.25, 0.3) is 0 Å². The highest BCUT2D eigenvalue weighted by Gasteiger charge is 2.27. The summed E-state index contributed by atoms with van der Waals surface area (Å²) in [5.74, 6) is -0.0136. The Kier molecular flexibility index (Phi) is 6.15. The number of imidazole rings is 1. The van der Waals surface area contributed by atoms with Gasteiger partial charge in [0.15, 0.2) is 5.82 Å². The molecule has 0 atom stereocenters. The zero-order valence-corrected chi connectivity index (χ0v) is 14.3. The van der Waals surface area contributed by atoms with Gasteiger partial charge in [0.05, 0.1) is 5.69 Å². The highest BCUT2D eigenvalue weighted by atomic mass is 16.2. The molecule has 0 spiro atoms. The fourth-order valence-corrected chi connectivity index (χ4v) is 2.69. The molecule has 2 N–H and O–H groups in total. The minimum Gasteiger partial charge on any atom is -0.349 e. The number of carbonyl (C=O) groups is 2. The van der Waals surface area contributed by atoms with E-state index in [9.17, 15) is 9.59 Å². The van der Waals surface area contributed by atoms with Crippen molar-refractivity contribution in [3.8, 4) is 0 Å². The molecule has 7 heteroatoms. The Morgan fingerprint density at radius 3 is 2.61 bits per heavy atom. The van der Waals surface area contributed by atoms with Gasteiger partial charge in [-0.25, -0.2) is 4.98 Å². The van der Waals surface area contributed by atoms with Gasteiger partial charge in [-0.05, 0) is 39.8 Å². The maximum atomic E-state index is 12.4. The van der Waals surface area contributed by atoms with Gasteiger partial charge < -0.3 is 20.1 Å². The Bertz CT molecular complexity index is 565. The van der Waals surface area contributed by atoms with Crippen LogP contribution >= 0.6 is 0 Å². The molecule has 0 bridgehead atoms. The maximum absolute atomic E-state index is 12.4. The quantitative estimate of drug-likeness (QED) is 0.773. The average molecular weight is 321 g/mol. The van der Waals surface area contributed by atoms with Crippen LogP contribution in [0.2, 0.25) is 0 Å². The van der Waals surface area contributed by atoms with Crippen LogP contribution in [0.1, 0.15) is 53.0 Å². The van der Waals surface area contributed by atoms with E-state index in [1.165, 1.54) is 0 Å². The molecular weight excluding hydrogens is 294 g/mol. The van der Waals surface area contributed by atoms with Gasteiger partial charge >= 0.3 is 0 Å². The third-order valence-electron chi connectivity index (χ3n) is 3.92. The number of carbonyl (C=O) groups excluding carboxylic acids is 2. The summed E-state index contributed by atoms with van der Waals surface area (Å²) in [7, 11) is 3.92. The third-order valence-corrected chi connectivity index (χ3v) is 3.92. The Morgan fingerprint density at radius 1 is 1.17 bits per heavy atom. The number of amides is 2. The van der Waals surface area contributed by atoms with E-state index in [0.717, 1.165) is 44.5 Å². The summed E-state index contributed by atoms with van der Waals surface area (Å²) in [5, 5.41) is 5.74. The van der Waals surface area contributed by atoms with Crippen molar-refractivity contribution in [3.63, 3.8) is 0 Å². The first-order chi connectivity index (χ1) is 11.0. The minimum atomic E-state index is -0.192. The number of nitrogens with zero attached hydrogens (tertiary/aromatic N) is 3. The number of aromatic nitrogens is 2. The highest BCUT2D eigenvalue weighted by Crippen LogP contribution is 2.21. The van der Waals surface area contributed by atoms with E-state index >= 15 is 0 Å². The van der Waals surface area contributed by atoms with Gasteiger partial charge in [-0.1, -0.05) is 6.92 Å². The van der Waals surface area contributed by atoms with Crippen molar-refractivity contribution in [1.29, 1.82) is 0 Å². The molecule has 0 saturated carbocycles. The lowest BCUT2D eigenvalue weighted by molar-refractivity contribution is 0.0937. The topological polar surface area (TPSA) is 79.3 Å². The van der Waals surface area contributed by atoms with E-state index in [2.05, 4.69) is 15.6 Å². The SMILES string of the molecule is CCCNC(=O)c1nc(C(=O)NCCN(C)C)c2n1CCCC2. The number of rotatable bonds is 7. The van der Waals surface area contributed by atoms with Gasteiger partial charge in [0.25, 0.3) is 11.8 Å². The Labute approximate surface area is 137 Å². The molecule has 0 saturated heterocycles. The van der Waals surface area contributed by atoms with Gasteiger partial charge in [0, 0.05) is 26.2 Å². The lowest BCUT2D eigenvalue weighted by atomic mass is 10.1. The minimum absolute atomic E-state index is 0.188. The number of likely N-dealkylation sites (N-methyl/N-ethyl adjacent to an activating group) is 1. The predicted molar refractivity (Wildman–Crippen MR) is 88.7 cm³/mol. The Hall–Kier alpha value is -1.89. The molecule has 0 aliphatic carbocycles. The molecule has 7 nitrogen and oxygen atoms in total. The van der Waals surface area contributed by atoms with E-state index in [4.69, 9.17) is 0 Å². The van der Waals surface area contributed by atoms with E-state index in [1.54, 1.807) is 0 Å². The molecule has 128 valence electrons. The van der Waals surface area contributed by atoms with Crippen LogP contribution in [-0.4, -0.2) is 60.0 Å². The van der Waals surface area contributed by atoms with Crippen molar-refractivity contribution in [3.05, 3.63) is 17.2 Å². The summed E-state index contributed by atoms with van der Waals surface area (Å²) in [5.41, 5.74) is 1.30. The van der Waals surface area contributed by atoms with Crippen molar-refractivity contribution in [2.45, 2.75) is 39.2 Å². The van der Waals surface area contributed by atoms with Crippen molar-refractivity contribution < 1.29 is 9.59 Å². The van der Waals surface area contributed by atoms with E-state index in [1.807, 2.05) is 30.5 Å². The standard InChI is InChI=1S/C16H27N5O2/c1-4-8-17-16(23)14-19-13(12-7-5-6-10-21(12)14)15(22)18-9-11-20(2)3/h4-11H2,1-3H3,(H,17,23)(H,18,22). The van der Waals surface area contributed by atoms with Gasteiger partial charge in [0.1, 0.15) is 5.69 Å². The van der Waals surface area contributed by atoms with Gasteiger partial charge in [0.2, 0.25) is 0 Å². The summed E-state index contributed by atoms with van der Waals surface area (Å²) < 4.78 is 1.91. The Morgan fingerprint density at radius 2 is 1.91 bits per heavy atom. The first kappa shape index (κ1) is 17.5. The Balaban J connectivity index is 2.17. The summed E-state index contributed by atoms with van der Waals surface area (Å²) in [6.45, 7) is 4.71. The number of hydrogen-bond acceptors (Lipinski definition) is 4. The molecule has 2 amide bonds. The zero-order chi connectivity index (χ0) is 16.8. The molecular formula is C16H27N5O2. The summed E-state index contributed by atoms with van der Waals surface area (Å²) in [6, 6.07) is 0. The average Bonchev–Trinajstić information content (AvgIpc) is 2.92. The van der Waals surface area contributed by atoms with Crippen molar-refractivity contribution in [1.82, 2.24) is 25.1 Å². The molecule has 0 fully saturated rings. The molecule has 0 unspecified atom stereocenters. The summed E-state index contributed by atoms with van der Waals surface area (Å²) >= 11 is 0. The highest BCUT2D eigenvalue weighted by molar-refractivity contribution is 5.97. The largest absolute Gasteiger partial charge is 0.349 e. The molecule has 2 heterocycles. The van der Waals surface area contributed by atoms with Crippen LogP contribution in [-0.2, 0) is 13.0 Å². The number of hydrogen-bond donors (Lipinski definition) is 2. The van der Waals surface area contributed by atoms with Crippen molar-refractivity contribution in [2.75, 3.05) is 33.7 Å². The van der Waals surface area contributed by atoms with Crippen LogP contribution < -0.4 is 10.6 Å². The molecule has 0 radical (unpaired) electrons. The second-order valence-electron chi connectivity index (χ2n) is 6.15. The van der Waals surface area contributed by atoms with Crippen LogP contribution in [0.4, 0.5) is 0 Å². The second-order valence-corrected chi connectivity index (χ2v) is 6.15. The van der Waals surface area contributed by atoms with Gasteiger partial charge in [-0.2, -0.15) is 0 Å². The van der Waals surface area contributed by atoms with E-state index < -0.39 is 0 Å². The first-order valence-electron chi connectivity index (χ1n) is 8.35. The lowest BCUT2D eigenvalue weighted by Gasteiger charge is -2.17. The predicted octanol–water partition coefficient (Wildman–Crippen LogP) is 0.651. The van der Waals surface area contributed by atoms with Crippen LogP contribution in [0.5, 0.6) is 0 Å². The molecule has 1 aromatic heterocycles. The monoisotopic (exact) mass is 321 g/mol. The van der Waals surface area contributed by atoms with Crippen LogP contribution in [0, 0.1) is 0 Å². The second kappa shape index (κ2) is 8.10. The van der Waals surface area contributed by atoms with Crippen molar-refractivity contribution in [2.24, 2.45) is 0 Å². The van der Waals surface area contributed by atoms with E-state index in [0.29, 0.717) is 24.6 Å². The normalized spacial score (nSPS) is 13.7. The first-order valence-corrected chi connectivity index (χ1v) is 8.35. The summed E-state index contributed by atoms with van der Waals surface area (Å²) in [6.07, 6.45) is 3.71. The van der Waals surface area contributed by atoms with Crippen LogP contribution in [0.15, 0.2) is 0 Å². The lowest BCUT2D eigenvalue weighted by Crippen LogP contribution is -2.32. The molecule has 0 aromatic carbocycles. The fraction of sp³-hybridized carbons (Fsp3) is 0.688. The number of fused-ring (bicyclic) bond motifs is 1. The smallest absolute Gasteiger partial charge is 0.287 e. The van der Waals surface area contributed by atoms with Crippen LogP contribution in [0.3, 0.4) is 0 Å². The van der Waals surface area contributed by atoms with E-state index in [-0.39, 0.29) is 11.8 Å². The third kappa shape index (κ3) is 4.31. The van der Waals surface area contributed by atoms with Gasteiger partial charge in [-0.3, -0.25) is 9.59 Å². The zero-order valence-electron chi connectivity index (χ0n) is 14.3.